The first-order valence-corrected chi connectivity index (χ1v) is 6.37. The minimum Gasteiger partial charge on any atom is -0.282 e. The van der Waals surface area contributed by atoms with Gasteiger partial charge in [-0.15, -0.1) is 0 Å². The van der Waals surface area contributed by atoms with Crippen LogP contribution in [0.15, 0.2) is 0 Å². The van der Waals surface area contributed by atoms with Crippen LogP contribution in [0.1, 0.15) is 39.0 Å². The van der Waals surface area contributed by atoms with Crippen LogP contribution in [0.2, 0.25) is 0 Å². The van der Waals surface area contributed by atoms with Gasteiger partial charge in [0, 0.05) is 13.0 Å². The summed E-state index contributed by atoms with van der Waals surface area (Å²) in [6.45, 7) is 2.61. The predicted octanol–water partition coefficient (Wildman–Crippen LogP) is 1.71. The SMILES string of the molecule is CC1CC2C(=O)N(CCCCC#N)C(=O)C2C1. The molecule has 0 aromatic carbocycles. The summed E-state index contributed by atoms with van der Waals surface area (Å²) in [5, 5.41) is 8.43. The van der Waals surface area contributed by atoms with E-state index in [1.54, 1.807) is 0 Å². The Morgan fingerprint density at radius 1 is 1.24 bits per heavy atom. The lowest BCUT2D eigenvalue weighted by Crippen LogP contribution is -2.33. The van der Waals surface area contributed by atoms with E-state index in [4.69, 9.17) is 5.26 Å². The van der Waals surface area contributed by atoms with Crippen molar-refractivity contribution in [2.45, 2.75) is 39.0 Å². The van der Waals surface area contributed by atoms with Crippen molar-refractivity contribution in [3.63, 3.8) is 0 Å². The van der Waals surface area contributed by atoms with Crippen LogP contribution in [0.25, 0.3) is 0 Å². The Hall–Kier alpha value is -1.37. The van der Waals surface area contributed by atoms with E-state index in [1.807, 2.05) is 0 Å². The molecular weight excluding hydrogens is 216 g/mol. The van der Waals surface area contributed by atoms with E-state index in [0.717, 1.165) is 25.7 Å². The first-order valence-electron chi connectivity index (χ1n) is 6.37. The first kappa shape index (κ1) is 12.1. The zero-order valence-electron chi connectivity index (χ0n) is 10.2. The average molecular weight is 234 g/mol. The Labute approximate surface area is 102 Å². The maximum atomic E-state index is 12.0. The molecule has 0 aromatic rings. The van der Waals surface area contributed by atoms with Gasteiger partial charge in [-0.3, -0.25) is 14.5 Å². The summed E-state index contributed by atoms with van der Waals surface area (Å²) in [7, 11) is 0. The van der Waals surface area contributed by atoms with E-state index >= 15 is 0 Å². The number of amides is 2. The number of hydrogen-bond acceptors (Lipinski definition) is 3. The smallest absolute Gasteiger partial charge is 0.233 e. The summed E-state index contributed by atoms with van der Waals surface area (Å²) in [4.78, 5) is 25.5. The van der Waals surface area contributed by atoms with Crippen LogP contribution in [0.5, 0.6) is 0 Å². The molecule has 92 valence electrons. The van der Waals surface area contributed by atoms with Crippen LogP contribution in [-0.2, 0) is 9.59 Å². The Kier molecular flexibility index (Phi) is 3.46. The predicted molar refractivity (Wildman–Crippen MR) is 61.6 cm³/mol. The van der Waals surface area contributed by atoms with Gasteiger partial charge < -0.3 is 0 Å². The zero-order chi connectivity index (χ0) is 12.4. The second-order valence-electron chi connectivity index (χ2n) is 5.23. The largest absolute Gasteiger partial charge is 0.282 e. The third-order valence-corrected chi connectivity index (χ3v) is 3.89. The number of rotatable bonds is 4. The van der Waals surface area contributed by atoms with Crippen molar-refractivity contribution in [2.75, 3.05) is 6.54 Å². The van der Waals surface area contributed by atoms with Gasteiger partial charge in [0.1, 0.15) is 0 Å². The topological polar surface area (TPSA) is 61.2 Å². The minimum absolute atomic E-state index is 0.0290. The Balaban J connectivity index is 1.91. The molecule has 1 aliphatic heterocycles. The fraction of sp³-hybridized carbons (Fsp3) is 0.769. The van der Waals surface area contributed by atoms with Gasteiger partial charge in [0.25, 0.3) is 0 Å². The number of unbranched alkanes of at least 4 members (excludes halogenated alkanes) is 2. The molecule has 1 heterocycles. The molecule has 1 saturated heterocycles. The molecule has 0 bridgehead atoms. The summed E-state index contributed by atoms with van der Waals surface area (Å²) in [5.74, 6) is 0.461. The van der Waals surface area contributed by atoms with E-state index in [-0.39, 0.29) is 23.7 Å². The fourth-order valence-electron chi connectivity index (χ4n) is 3.04. The number of nitriles is 1. The summed E-state index contributed by atoms with van der Waals surface area (Å²) in [6.07, 6.45) is 3.74. The number of carbonyl (C=O) groups is 2. The van der Waals surface area contributed by atoms with Gasteiger partial charge in [0.15, 0.2) is 0 Å². The molecule has 2 aliphatic rings. The number of likely N-dealkylation sites (tertiary alicyclic amines) is 1. The second kappa shape index (κ2) is 4.87. The highest BCUT2D eigenvalue weighted by molar-refractivity contribution is 6.05. The van der Waals surface area contributed by atoms with Crippen molar-refractivity contribution in [3.8, 4) is 6.07 Å². The zero-order valence-corrected chi connectivity index (χ0v) is 10.2. The van der Waals surface area contributed by atoms with Crippen LogP contribution in [0.4, 0.5) is 0 Å². The number of hydrogen-bond donors (Lipinski definition) is 0. The van der Waals surface area contributed by atoms with Gasteiger partial charge in [-0.25, -0.2) is 0 Å². The molecule has 2 amide bonds. The molecule has 0 spiro atoms. The van der Waals surface area contributed by atoms with Crippen LogP contribution < -0.4 is 0 Å². The second-order valence-corrected chi connectivity index (χ2v) is 5.23. The summed E-state index contributed by atoms with van der Waals surface area (Å²) in [6, 6.07) is 2.07. The molecule has 2 rings (SSSR count). The number of nitrogens with zero attached hydrogens (tertiary/aromatic N) is 2. The molecule has 2 fully saturated rings. The molecule has 4 heteroatoms. The van der Waals surface area contributed by atoms with Crippen molar-refractivity contribution in [1.82, 2.24) is 4.90 Å². The molecule has 1 aliphatic carbocycles. The van der Waals surface area contributed by atoms with Gasteiger partial charge >= 0.3 is 0 Å². The molecule has 0 radical (unpaired) electrons. The van der Waals surface area contributed by atoms with Gasteiger partial charge in [-0.05, 0) is 31.6 Å². The van der Waals surface area contributed by atoms with Crippen molar-refractivity contribution in [2.24, 2.45) is 17.8 Å². The number of imide groups is 1. The Bertz CT molecular complexity index is 348. The van der Waals surface area contributed by atoms with E-state index in [2.05, 4.69) is 13.0 Å². The van der Waals surface area contributed by atoms with Crippen molar-refractivity contribution in [1.29, 1.82) is 5.26 Å². The molecule has 2 unspecified atom stereocenters. The molecule has 17 heavy (non-hydrogen) atoms. The molecule has 2 atom stereocenters. The van der Waals surface area contributed by atoms with Gasteiger partial charge in [-0.1, -0.05) is 6.92 Å². The maximum absolute atomic E-state index is 12.0. The third kappa shape index (κ3) is 2.19. The van der Waals surface area contributed by atoms with E-state index in [1.165, 1.54) is 4.90 Å². The summed E-state index contributed by atoms with van der Waals surface area (Å²) in [5.41, 5.74) is 0. The normalized spacial score (nSPS) is 31.8. The third-order valence-electron chi connectivity index (χ3n) is 3.89. The average Bonchev–Trinajstić information content (AvgIpc) is 2.77. The molecular formula is C13H18N2O2. The van der Waals surface area contributed by atoms with E-state index in [9.17, 15) is 9.59 Å². The molecule has 1 saturated carbocycles. The van der Waals surface area contributed by atoms with Gasteiger partial charge in [0.05, 0.1) is 17.9 Å². The highest BCUT2D eigenvalue weighted by Gasteiger charge is 2.51. The standard InChI is InChI=1S/C13H18N2O2/c1-9-7-10-11(8-9)13(17)15(12(10)16)6-4-2-3-5-14/h9-11H,2-4,6-8H2,1H3. The van der Waals surface area contributed by atoms with Crippen LogP contribution in [-0.4, -0.2) is 23.3 Å². The highest BCUT2D eigenvalue weighted by Crippen LogP contribution is 2.42. The lowest BCUT2D eigenvalue weighted by molar-refractivity contribution is -0.140. The monoisotopic (exact) mass is 234 g/mol. The van der Waals surface area contributed by atoms with E-state index in [0.29, 0.717) is 18.9 Å². The highest BCUT2D eigenvalue weighted by atomic mass is 16.2. The molecule has 4 nitrogen and oxygen atoms in total. The Morgan fingerprint density at radius 3 is 2.35 bits per heavy atom. The fourth-order valence-corrected chi connectivity index (χ4v) is 3.04. The lowest BCUT2D eigenvalue weighted by atomic mass is 10.00. The van der Waals surface area contributed by atoms with Crippen molar-refractivity contribution in [3.05, 3.63) is 0 Å². The van der Waals surface area contributed by atoms with Crippen LogP contribution >= 0.6 is 0 Å². The lowest BCUT2D eigenvalue weighted by Gasteiger charge is -2.16. The quantitative estimate of drug-likeness (QED) is 0.549. The van der Waals surface area contributed by atoms with Gasteiger partial charge in [-0.2, -0.15) is 5.26 Å². The number of fused-ring (bicyclic) bond motifs is 1. The van der Waals surface area contributed by atoms with Crippen LogP contribution in [0.3, 0.4) is 0 Å². The maximum Gasteiger partial charge on any atom is 0.233 e. The Morgan fingerprint density at radius 2 is 1.82 bits per heavy atom. The van der Waals surface area contributed by atoms with Gasteiger partial charge in [0.2, 0.25) is 11.8 Å². The van der Waals surface area contributed by atoms with Crippen LogP contribution in [0, 0.1) is 29.1 Å². The number of carbonyl (C=O) groups excluding carboxylic acids is 2. The van der Waals surface area contributed by atoms with Crippen molar-refractivity contribution >= 4 is 11.8 Å². The molecule has 0 N–H and O–H groups in total. The first-order chi connectivity index (χ1) is 8.15. The van der Waals surface area contributed by atoms with E-state index < -0.39 is 0 Å². The summed E-state index contributed by atoms with van der Waals surface area (Å²) < 4.78 is 0. The minimum atomic E-state index is -0.0477. The summed E-state index contributed by atoms with van der Waals surface area (Å²) >= 11 is 0. The molecule has 0 aromatic heterocycles. The van der Waals surface area contributed by atoms with Crippen molar-refractivity contribution < 1.29 is 9.59 Å².